The SMILES string of the molecule is COc1ccc2nc3sc4[nH]c5ccc(OC)cc5c4cc-3c2c1. The van der Waals surface area contributed by atoms with E-state index in [2.05, 4.69) is 29.2 Å². The first-order valence-corrected chi connectivity index (χ1v) is 8.45. The van der Waals surface area contributed by atoms with Crippen molar-refractivity contribution in [1.82, 2.24) is 9.97 Å². The van der Waals surface area contributed by atoms with Crippen LogP contribution in [0.1, 0.15) is 0 Å². The van der Waals surface area contributed by atoms with Crippen molar-refractivity contribution in [3.63, 3.8) is 0 Å². The topological polar surface area (TPSA) is 47.1 Å². The zero-order valence-electron chi connectivity index (χ0n) is 13.2. The van der Waals surface area contributed by atoms with Crippen LogP contribution in [0.2, 0.25) is 0 Å². The first-order valence-electron chi connectivity index (χ1n) is 7.63. The number of hydrogen-bond acceptors (Lipinski definition) is 4. The van der Waals surface area contributed by atoms with E-state index in [1.165, 1.54) is 10.8 Å². The Morgan fingerprint density at radius 2 is 1.62 bits per heavy atom. The number of H-pyrrole nitrogens is 1. The fraction of sp³-hybridized carbons (Fsp3) is 0.105. The summed E-state index contributed by atoms with van der Waals surface area (Å²) in [6.45, 7) is 0. The lowest BCUT2D eigenvalue weighted by atomic mass is 10.1. The van der Waals surface area contributed by atoms with E-state index in [0.29, 0.717) is 0 Å². The van der Waals surface area contributed by atoms with E-state index in [-0.39, 0.29) is 0 Å². The third-order valence-electron chi connectivity index (χ3n) is 4.44. The van der Waals surface area contributed by atoms with E-state index in [1.807, 2.05) is 18.2 Å². The van der Waals surface area contributed by atoms with E-state index in [0.717, 1.165) is 43.3 Å². The monoisotopic (exact) mass is 334 g/mol. The van der Waals surface area contributed by atoms with Crippen LogP contribution < -0.4 is 9.47 Å². The van der Waals surface area contributed by atoms with Gasteiger partial charge in [0.15, 0.2) is 0 Å². The highest BCUT2D eigenvalue weighted by Crippen LogP contribution is 2.41. The Labute approximate surface area is 142 Å². The van der Waals surface area contributed by atoms with E-state index in [9.17, 15) is 0 Å². The third kappa shape index (κ3) is 1.82. The molecule has 5 heteroatoms. The third-order valence-corrected chi connectivity index (χ3v) is 5.47. The number of rotatable bonds is 2. The van der Waals surface area contributed by atoms with Gasteiger partial charge in [0, 0.05) is 27.2 Å². The van der Waals surface area contributed by atoms with Crippen molar-refractivity contribution < 1.29 is 9.47 Å². The second kappa shape index (κ2) is 4.85. The van der Waals surface area contributed by atoms with Crippen LogP contribution in [-0.4, -0.2) is 24.2 Å². The van der Waals surface area contributed by atoms with Crippen molar-refractivity contribution in [2.45, 2.75) is 0 Å². The van der Waals surface area contributed by atoms with Crippen LogP contribution in [0.5, 0.6) is 11.5 Å². The van der Waals surface area contributed by atoms with Gasteiger partial charge in [-0.2, -0.15) is 0 Å². The molecular formula is C19H14N2O2S. The number of fused-ring (bicyclic) bond motifs is 6. The average Bonchev–Trinajstić information content (AvgIpc) is 3.15. The Hall–Kier alpha value is -2.79. The lowest BCUT2D eigenvalue weighted by molar-refractivity contribution is 0.415. The number of hydrogen-bond donors (Lipinski definition) is 1. The van der Waals surface area contributed by atoms with Crippen LogP contribution in [0, 0.1) is 0 Å². The number of ether oxygens (including phenoxy) is 2. The predicted octanol–water partition coefficient (Wildman–Crippen LogP) is 5.05. The number of aromatic nitrogens is 2. The minimum absolute atomic E-state index is 0.850. The molecule has 0 atom stereocenters. The number of methoxy groups -OCH3 is 2. The second-order valence-electron chi connectivity index (χ2n) is 5.74. The lowest BCUT2D eigenvalue weighted by Crippen LogP contribution is -1.81. The highest BCUT2D eigenvalue weighted by Gasteiger charge is 2.17. The molecular weight excluding hydrogens is 320 g/mol. The van der Waals surface area contributed by atoms with Crippen LogP contribution in [0.4, 0.5) is 0 Å². The number of nitrogens with one attached hydrogen (secondary N) is 1. The fourth-order valence-corrected chi connectivity index (χ4v) is 4.27. The smallest absolute Gasteiger partial charge is 0.126 e. The second-order valence-corrected chi connectivity index (χ2v) is 6.74. The molecule has 0 bridgehead atoms. The van der Waals surface area contributed by atoms with Crippen molar-refractivity contribution in [3.05, 3.63) is 42.5 Å². The maximum atomic E-state index is 5.37. The van der Waals surface area contributed by atoms with Crippen molar-refractivity contribution in [1.29, 1.82) is 0 Å². The van der Waals surface area contributed by atoms with Gasteiger partial charge < -0.3 is 14.5 Å². The molecule has 1 N–H and O–H groups in total. The maximum Gasteiger partial charge on any atom is 0.126 e. The Bertz CT molecular complexity index is 1180. The molecule has 5 rings (SSSR count). The van der Waals surface area contributed by atoms with Crippen LogP contribution in [0.15, 0.2) is 42.5 Å². The lowest BCUT2D eigenvalue weighted by Gasteiger charge is -2.01. The van der Waals surface area contributed by atoms with Gasteiger partial charge in [0.2, 0.25) is 0 Å². The molecule has 0 unspecified atom stereocenters. The van der Waals surface area contributed by atoms with Gasteiger partial charge >= 0.3 is 0 Å². The molecule has 1 aromatic heterocycles. The van der Waals surface area contributed by atoms with E-state index in [4.69, 9.17) is 14.5 Å². The molecule has 2 aromatic carbocycles. The first-order chi connectivity index (χ1) is 11.8. The van der Waals surface area contributed by atoms with Gasteiger partial charge in [-0.1, -0.05) is 11.3 Å². The summed E-state index contributed by atoms with van der Waals surface area (Å²) >= 11 is 1.68. The number of aromatic amines is 1. The number of benzene rings is 2. The number of nitrogens with zero attached hydrogens (tertiary/aromatic N) is 1. The molecule has 0 spiro atoms. The molecule has 0 aliphatic carbocycles. The Morgan fingerprint density at radius 3 is 2.42 bits per heavy atom. The summed E-state index contributed by atoms with van der Waals surface area (Å²) < 4.78 is 10.7. The summed E-state index contributed by atoms with van der Waals surface area (Å²) in [7, 11) is 3.38. The molecule has 118 valence electrons. The highest BCUT2D eigenvalue weighted by atomic mass is 32.1. The summed E-state index contributed by atoms with van der Waals surface area (Å²) in [6, 6.07) is 14.3. The van der Waals surface area contributed by atoms with Crippen molar-refractivity contribution in [2.24, 2.45) is 0 Å². The quantitative estimate of drug-likeness (QED) is 0.491. The molecule has 0 amide bonds. The minimum Gasteiger partial charge on any atom is -0.497 e. The Kier molecular flexibility index (Phi) is 2.76. The molecule has 3 aromatic rings. The van der Waals surface area contributed by atoms with Crippen LogP contribution in [-0.2, 0) is 0 Å². The van der Waals surface area contributed by atoms with E-state index in [1.54, 1.807) is 25.6 Å². The fourth-order valence-electron chi connectivity index (χ4n) is 3.22. The summed E-state index contributed by atoms with van der Waals surface area (Å²) in [6.07, 6.45) is 0. The van der Waals surface area contributed by atoms with Crippen LogP contribution >= 0.6 is 11.3 Å². The average molecular weight is 334 g/mol. The standard InChI is InChI=1S/C19H14N2O2S/c1-22-10-3-5-16-12(7-10)14-9-15-13-8-11(23-2)4-6-17(13)21-19(15)24-18(14)20-16/h3-9,20H,1-2H3. The van der Waals surface area contributed by atoms with Crippen LogP contribution in [0.25, 0.3) is 42.6 Å². The molecule has 0 saturated carbocycles. The Balaban J connectivity index is 1.90. The van der Waals surface area contributed by atoms with E-state index < -0.39 is 0 Å². The molecule has 24 heavy (non-hydrogen) atoms. The van der Waals surface area contributed by atoms with Gasteiger partial charge in [0.25, 0.3) is 0 Å². The van der Waals surface area contributed by atoms with Gasteiger partial charge in [0.1, 0.15) is 21.3 Å². The molecule has 0 saturated heterocycles. The molecule has 2 aliphatic rings. The first kappa shape index (κ1) is 13.6. The largest absolute Gasteiger partial charge is 0.497 e. The summed E-state index contributed by atoms with van der Waals surface area (Å²) in [5, 5.41) is 4.52. The van der Waals surface area contributed by atoms with E-state index >= 15 is 0 Å². The zero-order chi connectivity index (χ0) is 16.3. The molecule has 0 radical (unpaired) electrons. The van der Waals surface area contributed by atoms with Crippen molar-refractivity contribution >= 4 is 43.4 Å². The van der Waals surface area contributed by atoms with Gasteiger partial charge in [0.05, 0.1) is 19.7 Å². The van der Waals surface area contributed by atoms with Gasteiger partial charge in [-0.05, 0) is 42.5 Å². The van der Waals surface area contributed by atoms with Gasteiger partial charge in [-0.3, -0.25) is 0 Å². The molecule has 4 nitrogen and oxygen atoms in total. The summed E-state index contributed by atoms with van der Waals surface area (Å²) in [4.78, 5) is 9.37. The molecule has 3 heterocycles. The molecule has 0 fully saturated rings. The summed E-state index contributed by atoms with van der Waals surface area (Å²) in [5.41, 5.74) is 3.26. The minimum atomic E-state index is 0.850. The Morgan fingerprint density at radius 1 is 0.875 bits per heavy atom. The van der Waals surface area contributed by atoms with Gasteiger partial charge in [-0.25, -0.2) is 4.98 Å². The van der Waals surface area contributed by atoms with Crippen LogP contribution in [0.3, 0.4) is 0 Å². The van der Waals surface area contributed by atoms with Crippen molar-refractivity contribution in [3.8, 4) is 22.1 Å². The maximum absolute atomic E-state index is 5.37. The highest BCUT2D eigenvalue weighted by molar-refractivity contribution is 7.21. The van der Waals surface area contributed by atoms with Crippen molar-refractivity contribution in [2.75, 3.05) is 14.2 Å². The normalized spacial score (nSPS) is 11.8. The zero-order valence-corrected chi connectivity index (χ0v) is 14.0. The summed E-state index contributed by atoms with van der Waals surface area (Å²) in [5.74, 6) is 1.71. The molecule has 2 aliphatic heterocycles. The predicted molar refractivity (Wildman–Crippen MR) is 98.7 cm³/mol. The van der Waals surface area contributed by atoms with Gasteiger partial charge in [-0.15, -0.1) is 0 Å².